The second-order valence-electron chi connectivity index (χ2n) is 7.22. The third-order valence-electron chi connectivity index (χ3n) is 4.79. The van der Waals surface area contributed by atoms with Gasteiger partial charge in [0.2, 0.25) is 5.91 Å². The third-order valence-corrected chi connectivity index (χ3v) is 5.83. The first kappa shape index (κ1) is 21.6. The summed E-state index contributed by atoms with van der Waals surface area (Å²) in [5.74, 6) is 0.653. The first-order valence-electron chi connectivity index (χ1n) is 9.88. The Morgan fingerprint density at radius 3 is 2.33 bits per heavy atom. The molecule has 1 amide bonds. The molecule has 0 radical (unpaired) electrons. The molecule has 3 aromatic rings. The molecule has 0 saturated heterocycles. The minimum Gasteiger partial charge on any atom is -0.331 e. The van der Waals surface area contributed by atoms with E-state index in [2.05, 4.69) is 10.3 Å². The van der Waals surface area contributed by atoms with E-state index in [1.54, 1.807) is 12.3 Å². The molecular weight excluding hydrogens is 398 g/mol. The number of hydrogen-bond donors (Lipinski definition) is 1. The number of aromatic nitrogens is 2. The van der Waals surface area contributed by atoms with Crippen molar-refractivity contribution >= 4 is 34.5 Å². The summed E-state index contributed by atoms with van der Waals surface area (Å²) in [7, 11) is 0. The van der Waals surface area contributed by atoms with E-state index in [-0.39, 0.29) is 43.2 Å². The number of rotatable bonds is 10. The predicted octanol–water partition coefficient (Wildman–Crippen LogP) is 4.56. The van der Waals surface area contributed by atoms with E-state index in [1.165, 1.54) is 11.3 Å². The van der Waals surface area contributed by atoms with Crippen LogP contribution in [-0.4, -0.2) is 27.0 Å². The summed E-state index contributed by atoms with van der Waals surface area (Å²) >= 11 is 1.44. The van der Waals surface area contributed by atoms with Gasteiger partial charge in [-0.05, 0) is 43.7 Å². The van der Waals surface area contributed by atoms with Gasteiger partial charge in [0.15, 0.2) is 5.78 Å². The lowest BCUT2D eigenvalue weighted by molar-refractivity contribution is -0.122. The molecule has 1 N–H and O–H groups in total. The number of amides is 1. The van der Waals surface area contributed by atoms with Crippen LogP contribution in [0.5, 0.6) is 0 Å². The number of nitrogens with one attached hydrogen (secondary N) is 1. The molecular formula is C23H25N3O3S. The van der Waals surface area contributed by atoms with Crippen molar-refractivity contribution in [2.75, 3.05) is 5.32 Å². The molecule has 2 heterocycles. The van der Waals surface area contributed by atoms with Crippen LogP contribution in [0.2, 0.25) is 0 Å². The van der Waals surface area contributed by atoms with Crippen molar-refractivity contribution in [2.45, 2.75) is 46.1 Å². The quantitative estimate of drug-likeness (QED) is 0.485. The van der Waals surface area contributed by atoms with Gasteiger partial charge in [0.1, 0.15) is 11.6 Å². The maximum Gasteiger partial charge on any atom is 0.224 e. The number of aryl methyl sites for hydroxylation is 2. The van der Waals surface area contributed by atoms with E-state index in [0.29, 0.717) is 10.6 Å². The molecule has 156 valence electrons. The Morgan fingerprint density at radius 2 is 1.70 bits per heavy atom. The van der Waals surface area contributed by atoms with Crippen LogP contribution in [0.1, 0.15) is 51.6 Å². The van der Waals surface area contributed by atoms with E-state index in [4.69, 9.17) is 0 Å². The van der Waals surface area contributed by atoms with E-state index in [0.717, 1.165) is 22.8 Å². The van der Waals surface area contributed by atoms with Gasteiger partial charge in [-0.2, -0.15) is 0 Å². The normalized spacial score (nSPS) is 10.7. The number of nitrogens with zero attached hydrogens (tertiary/aromatic N) is 2. The van der Waals surface area contributed by atoms with E-state index < -0.39 is 0 Å². The van der Waals surface area contributed by atoms with Gasteiger partial charge in [0.05, 0.1) is 4.88 Å². The van der Waals surface area contributed by atoms with Gasteiger partial charge >= 0.3 is 0 Å². The molecule has 0 aliphatic carbocycles. The number of Topliss-reactive ketones (excluding diaryl/α,β-unsaturated/α-hetero) is 2. The number of anilines is 1. The van der Waals surface area contributed by atoms with Gasteiger partial charge in [-0.1, -0.05) is 12.1 Å². The van der Waals surface area contributed by atoms with Gasteiger partial charge in [-0.3, -0.25) is 14.4 Å². The molecule has 6 nitrogen and oxygen atoms in total. The summed E-state index contributed by atoms with van der Waals surface area (Å²) in [6.45, 7) is 4.62. The maximum absolute atomic E-state index is 12.1. The zero-order valence-electron chi connectivity index (χ0n) is 17.2. The maximum atomic E-state index is 12.1. The van der Waals surface area contributed by atoms with Crippen molar-refractivity contribution in [1.29, 1.82) is 0 Å². The van der Waals surface area contributed by atoms with Gasteiger partial charge in [-0.15, -0.1) is 11.3 Å². The molecule has 30 heavy (non-hydrogen) atoms. The van der Waals surface area contributed by atoms with Crippen LogP contribution in [0.3, 0.4) is 0 Å². The average molecular weight is 424 g/mol. The number of benzene rings is 1. The zero-order chi connectivity index (χ0) is 21.5. The van der Waals surface area contributed by atoms with E-state index >= 15 is 0 Å². The lowest BCUT2D eigenvalue weighted by Crippen LogP contribution is -2.14. The van der Waals surface area contributed by atoms with Crippen molar-refractivity contribution in [1.82, 2.24) is 9.55 Å². The standard InChI is InChI=1S/C23H25N3O3S/c1-16-3-11-22(30-16)21(28)10-8-20(27)9-12-23(29)25-19-6-4-18(5-7-19)15-26-14-13-24-17(26)2/h3-7,11,13-14H,8-10,12,15H2,1-2H3,(H,25,29). The van der Waals surface area contributed by atoms with Crippen molar-refractivity contribution < 1.29 is 14.4 Å². The van der Waals surface area contributed by atoms with Crippen LogP contribution in [0.4, 0.5) is 5.69 Å². The second-order valence-corrected chi connectivity index (χ2v) is 8.51. The summed E-state index contributed by atoms with van der Waals surface area (Å²) in [5.41, 5.74) is 1.80. The van der Waals surface area contributed by atoms with Gasteiger partial charge < -0.3 is 9.88 Å². The van der Waals surface area contributed by atoms with Gasteiger partial charge in [0.25, 0.3) is 0 Å². The summed E-state index contributed by atoms with van der Waals surface area (Å²) in [5, 5.41) is 2.81. The number of hydrogen-bond acceptors (Lipinski definition) is 5. The highest BCUT2D eigenvalue weighted by Crippen LogP contribution is 2.18. The highest BCUT2D eigenvalue weighted by molar-refractivity contribution is 7.14. The molecule has 0 aliphatic rings. The van der Waals surface area contributed by atoms with Crippen LogP contribution in [0.25, 0.3) is 0 Å². The minimum atomic E-state index is -0.207. The molecule has 2 aromatic heterocycles. The lowest BCUT2D eigenvalue weighted by atomic mass is 10.1. The predicted molar refractivity (Wildman–Crippen MR) is 118 cm³/mol. The smallest absolute Gasteiger partial charge is 0.224 e. The third kappa shape index (κ3) is 6.22. The molecule has 3 rings (SSSR count). The van der Waals surface area contributed by atoms with Crippen LogP contribution in [-0.2, 0) is 16.1 Å². The molecule has 0 bridgehead atoms. The van der Waals surface area contributed by atoms with E-state index in [9.17, 15) is 14.4 Å². The fourth-order valence-corrected chi connectivity index (χ4v) is 3.86. The van der Waals surface area contributed by atoms with Crippen molar-refractivity contribution in [3.63, 3.8) is 0 Å². The number of imidazole rings is 1. The first-order chi connectivity index (χ1) is 14.4. The van der Waals surface area contributed by atoms with Crippen LogP contribution in [0, 0.1) is 13.8 Å². The largest absolute Gasteiger partial charge is 0.331 e. The summed E-state index contributed by atoms with van der Waals surface area (Å²) in [4.78, 5) is 42.2. The number of carbonyl (C=O) groups is 3. The van der Waals surface area contributed by atoms with E-state index in [1.807, 2.05) is 54.9 Å². The Balaban J connectivity index is 1.39. The SMILES string of the molecule is Cc1ccc(C(=O)CCC(=O)CCC(=O)Nc2ccc(Cn3ccnc3C)cc2)s1. The summed E-state index contributed by atoms with van der Waals surface area (Å²) in [6.07, 6.45) is 4.31. The molecule has 7 heteroatoms. The highest BCUT2D eigenvalue weighted by atomic mass is 32.1. The highest BCUT2D eigenvalue weighted by Gasteiger charge is 2.12. The van der Waals surface area contributed by atoms with Crippen molar-refractivity contribution in [3.05, 3.63) is 69.9 Å². The van der Waals surface area contributed by atoms with Gasteiger partial charge in [-0.25, -0.2) is 4.98 Å². The zero-order valence-corrected chi connectivity index (χ0v) is 18.0. The number of thiophene rings is 1. The average Bonchev–Trinajstić information content (AvgIpc) is 3.34. The Labute approximate surface area is 180 Å². The Kier molecular flexibility index (Phi) is 7.30. The summed E-state index contributed by atoms with van der Waals surface area (Å²) < 4.78 is 2.05. The summed E-state index contributed by atoms with van der Waals surface area (Å²) in [6, 6.07) is 11.3. The molecule has 1 aromatic carbocycles. The molecule has 0 aliphatic heterocycles. The fraction of sp³-hybridized carbons (Fsp3) is 0.304. The van der Waals surface area contributed by atoms with Crippen LogP contribution >= 0.6 is 11.3 Å². The molecule has 0 saturated carbocycles. The fourth-order valence-electron chi connectivity index (χ4n) is 3.02. The van der Waals surface area contributed by atoms with Crippen LogP contribution < -0.4 is 5.32 Å². The van der Waals surface area contributed by atoms with Crippen molar-refractivity contribution in [2.24, 2.45) is 0 Å². The molecule has 0 atom stereocenters. The van der Waals surface area contributed by atoms with Crippen LogP contribution in [0.15, 0.2) is 48.8 Å². The molecule has 0 fully saturated rings. The Bertz CT molecular complexity index is 1030. The second kappa shape index (κ2) is 10.1. The monoisotopic (exact) mass is 423 g/mol. The Morgan fingerprint density at radius 1 is 0.967 bits per heavy atom. The van der Waals surface area contributed by atoms with Crippen molar-refractivity contribution in [3.8, 4) is 0 Å². The number of carbonyl (C=O) groups excluding carboxylic acids is 3. The Hall–Kier alpha value is -3.06. The minimum absolute atomic E-state index is 0.0168. The molecule has 0 unspecified atom stereocenters. The molecule has 0 spiro atoms. The lowest BCUT2D eigenvalue weighted by Gasteiger charge is -2.08. The first-order valence-corrected chi connectivity index (χ1v) is 10.7. The number of ketones is 2. The van der Waals surface area contributed by atoms with Gasteiger partial charge in [0, 0.05) is 55.2 Å². The topological polar surface area (TPSA) is 81.1 Å².